The van der Waals surface area contributed by atoms with Gasteiger partial charge in [-0.25, -0.2) is 5.06 Å². The molecule has 0 bridgehead atoms. The summed E-state index contributed by atoms with van der Waals surface area (Å²) in [6, 6.07) is 0. The van der Waals surface area contributed by atoms with Gasteiger partial charge >= 0.3 is 11.9 Å². The number of carbonyl (C=O) groups is 3. The second-order valence-corrected chi connectivity index (χ2v) is 2.70. The maximum absolute atomic E-state index is 10.5. The van der Waals surface area contributed by atoms with Crippen LogP contribution in [0, 0.1) is 5.92 Å². The van der Waals surface area contributed by atoms with Gasteiger partial charge in [0.15, 0.2) is 0 Å². The van der Waals surface area contributed by atoms with Gasteiger partial charge in [-0.1, -0.05) is 0 Å². The number of rotatable bonds is 7. The highest BCUT2D eigenvalue weighted by molar-refractivity contribution is 5.72. The number of hydrogen-bond acceptors (Lipinski definition) is 4. The molecule has 80 valence electrons. The average molecular weight is 205 g/mol. The van der Waals surface area contributed by atoms with Gasteiger partial charge in [0.1, 0.15) is 0 Å². The van der Waals surface area contributed by atoms with Crippen LogP contribution in [-0.4, -0.2) is 45.4 Å². The summed E-state index contributed by atoms with van der Waals surface area (Å²) >= 11 is 0. The third-order valence-corrected chi connectivity index (χ3v) is 1.59. The molecule has 1 atom stereocenters. The minimum absolute atomic E-state index is 0.0662. The first-order valence-electron chi connectivity index (χ1n) is 3.82. The van der Waals surface area contributed by atoms with Crippen molar-refractivity contribution in [3.8, 4) is 0 Å². The first kappa shape index (κ1) is 12.4. The lowest BCUT2D eigenvalue weighted by atomic mass is 10.0. The molecule has 0 spiro atoms. The molecule has 3 N–H and O–H groups in total. The number of hydrogen-bond donors (Lipinski definition) is 3. The van der Waals surface area contributed by atoms with Gasteiger partial charge in [-0.2, -0.15) is 0 Å². The number of aliphatic carboxylic acids is 2. The van der Waals surface area contributed by atoms with E-state index >= 15 is 0 Å². The Kier molecular flexibility index (Phi) is 5.23. The van der Waals surface area contributed by atoms with Crippen molar-refractivity contribution in [2.45, 2.75) is 12.8 Å². The molecule has 1 unspecified atom stereocenters. The number of carbonyl (C=O) groups excluding carboxylic acids is 1. The molecule has 0 aliphatic rings. The molecule has 0 aliphatic carbocycles. The third-order valence-electron chi connectivity index (χ3n) is 1.59. The van der Waals surface area contributed by atoms with Gasteiger partial charge in [0.2, 0.25) is 6.41 Å². The fourth-order valence-electron chi connectivity index (χ4n) is 0.859. The summed E-state index contributed by atoms with van der Waals surface area (Å²) in [4.78, 5) is 30.6. The van der Waals surface area contributed by atoms with Gasteiger partial charge in [0, 0.05) is 6.42 Å². The van der Waals surface area contributed by atoms with Crippen LogP contribution in [0.5, 0.6) is 0 Å². The van der Waals surface area contributed by atoms with Crippen LogP contribution in [0.15, 0.2) is 0 Å². The Morgan fingerprint density at radius 1 is 1.36 bits per heavy atom. The predicted octanol–water partition coefficient (Wildman–Crippen LogP) is -0.600. The molecule has 14 heavy (non-hydrogen) atoms. The summed E-state index contributed by atoms with van der Waals surface area (Å²) in [6.45, 7) is -0.411. The van der Waals surface area contributed by atoms with Crippen molar-refractivity contribution < 1.29 is 29.8 Å². The zero-order valence-electron chi connectivity index (χ0n) is 7.29. The van der Waals surface area contributed by atoms with Crippen LogP contribution in [0.25, 0.3) is 0 Å². The first-order chi connectivity index (χ1) is 6.47. The lowest BCUT2D eigenvalue weighted by Crippen LogP contribution is -2.30. The van der Waals surface area contributed by atoms with Crippen molar-refractivity contribution in [2.75, 3.05) is 6.54 Å². The van der Waals surface area contributed by atoms with E-state index in [1.165, 1.54) is 0 Å². The molecular weight excluding hydrogens is 194 g/mol. The van der Waals surface area contributed by atoms with E-state index in [0.717, 1.165) is 0 Å². The van der Waals surface area contributed by atoms with Gasteiger partial charge in [-0.05, 0) is 6.42 Å². The Labute approximate surface area is 79.5 Å². The standard InChI is InChI=1S/C7H11NO6/c9-4-8(14)3-5(7(12)13)1-2-6(10)11/h4-5,14H,1-3H2,(H,10,11)(H,12,13). The highest BCUT2D eigenvalue weighted by Crippen LogP contribution is 2.07. The number of amides is 1. The Morgan fingerprint density at radius 3 is 2.29 bits per heavy atom. The zero-order valence-corrected chi connectivity index (χ0v) is 7.29. The minimum atomic E-state index is -1.24. The SMILES string of the molecule is O=CN(O)CC(CCC(=O)O)C(=O)O. The van der Waals surface area contributed by atoms with E-state index in [9.17, 15) is 14.4 Å². The zero-order chi connectivity index (χ0) is 11.1. The summed E-state index contributed by atoms with van der Waals surface area (Å²) in [6.07, 6.45) is -0.379. The number of carboxylic acid groups (broad SMARTS) is 2. The van der Waals surface area contributed by atoms with Crippen LogP contribution in [0.1, 0.15) is 12.8 Å². The van der Waals surface area contributed by atoms with Crippen LogP contribution in [-0.2, 0) is 14.4 Å². The molecule has 0 aliphatic heterocycles. The minimum Gasteiger partial charge on any atom is -0.481 e. The second-order valence-electron chi connectivity index (χ2n) is 2.70. The lowest BCUT2D eigenvalue weighted by molar-refractivity contribution is -0.159. The molecular formula is C7H11NO6. The summed E-state index contributed by atoms with van der Waals surface area (Å²) in [5, 5.41) is 25.8. The van der Waals surface area contributed by atoms with Gasteiger partial charge in [0.05, 0.1) is 12.5 Å². The van der Waals surface area contributed by atoms with Crippen LogP contribution in [0.4, 0.5) is 0 Å². The molecule has 7 nitrogen and oxygen atoms in total. The molecule has 0 aromatic rings. The molecule has 0 saturated carbocycles. The van der Waals surface area contributed by atoms with E-state index in [-0.39, 0.29) is 24.3 Å². The summed E-state index contributed by atoms with van der Waals surface area (Å²) in [5.74, 6) is -3.43. The molecule has 0 aromatic carbocycles. The third kappa shape index (κ3) is 5.09. The lowest BCUT2D eigenvalue weighted by Gasteiger charge is -2.14. The largest absolute Gasteiger partial charge is 0.481 e. The highest BCUT2D eigenvalue weighted by atomic mass is 16.5. The fourth-order valence-corrected chi connectivity index (χ4v) is 0.859. The Bertz CT molecular complexity index is 228. The van der Waals surface area contributed by atoms with Crippen LogP contribution >= 0.6 is 0 Å². The Morgan fingerprint density at radius 2 is 1.93 bits per heavy atom. The van der Waals surface area contributed by atoms with Crippen molar-refractivity contribution in [2.24, 2.45) is 5.92 Å². The smallest absolute Gasteiger partial charge is 0.308 e. The topological polar surface area (TPSA) is 115 Å². The molecule has 0 heterocycles. The first-order valence-corrected chi connectivity index (χ1v) is 3.82. The van der Waals surface area contributed by atoms with Crippen molar-refractivity contribution in [3.63, 3.8) is 0 Å². The number of nitrogens with zero attached hydrogens (tertiary/aromatic N) is 1. The quantitative estimate of drug-likeness (QED) is 0.290. The van der Waals surface area contributed by atoms with E-state index in [1.54, 1.807) is 0 Å². The van der Waals surface area contributed by atoms with Crippen molar-refractivity contribution >= 4 is 18.3 Å². The van der Waals surface area contributed by atoms with E-state index in [0.29, 0.717) is 0 Å². The van der Waals surface area contributed by atoms with Crippen LogP contribution < -0.4 is 0 Å². The molecule has 7 heteroatoms. The molecule has 0 fully saturated rings. The van der Waals surface area contributed by atoms with Crippen molar-refractivity contribution in [1.29, 1.82) is 0 Å². The maximum atomic E-state index is 10.5. The van der Waals surface area contributed by atoms with E-state index in [4.69, 9.17) is 15.4 Å². The number of carboxylic acids is 2. The Hall–Kier alpha value is -1.63. The van der Waals surface area contributed by atoms with Crippen molar-refractivity contribution in [1.82, 2.24) is 5.06 Å². The normalized spacial score (nSPS) is 11.8. The summed E-state index contributed by atoms with van der Waals surface area (Å²) < 4.78 is 0. The molecule has 0 radical (unpaired) electrons. The molecule has 0 saturated heterocycles. The summed E-state index contributed by atoms with van der Waals surface area (Å²) in [7, 11) is 0. The number of hydroxylamine groups is 2. The van der Waals surface area contributed by atoms with Gasteiger partial charge in [-0.3, -0.25) is 19.6 Å². The predicted molar refractivity (Wildman–Crippen MR) is 42.6 cm³/mol. The fraction of sp³-hybridized carbons (Fsp3) is 0.571. The molecule has 0 rings (SSSR count). The second kappa shape index (κ2) is 5.92. The average Bonchev–Trinajstić information content (AvgIpc) is 2.10. The van der Waals surface area contributed by atoms with Gasteiger partial charge in [-0.15, -0.1) is 0 Å². The molecule has 1 amide bonds. The van der Waals surface area contributed by atoms with E-state index in [2.05, 4.69) is 0 Å². The van der Waals surface area contributed by atoms with Crippen LogP contribution in [0.2, 0.25) is 0 Å². The van der Waals surface area contributed by atoms with Gasteiger partial charge in [0.25, 0.3) is 0 Å². The van der Waals surface area contributed by atoms with E-state index in [1.807, 2.05) is 0 Å². The monoisotopic (exact) mass is 205 g/mol. The maximum Gasteiger partial charge on any atom is 0.308 e. The van der Waals surface area contributed by atoms with E-state index < -0.39 is 24.4 Å². The molecule has 0 aromatic heterocycles. The highest BCUT2D eigenvalue weighted by Gasteiger charge is 2.20. The van der Waals surface area contributed by atoms with Crippen LogP contribution in [0.3, 0.4) is 0 Å². The Balaban J connectivity index is 4.08. The van der Waals surface area contributed by atoms with Gasteiger partial charge < -0.3 is 10.2 Å². The summed E-state index contributed by atoms with van der Waals surface area (Å²) in [5.41, 5.74) is 0. The van der Waals surface area contributed by atoms with Crippen molar-refractivity contribution in [3.05, 3.63) is 0 Å².